The SMILES string of the molecule is N#Cc1c(C(F)F)cc(C2CC2)[nH]c1=S. The van der Waals surface area contributed by atoms with Crippen LogP contribution in [0.2, 0.25) is 0 Å². The van der Waals surface area contributed by atoms with E-state index >= 15 is 0 Å². The molecule has 5 heteroatoms. The second kappa shape index (κ2) is 3.70. The van der Waals surface area contributed by atoms with Gasteiger partial charge in [-0.25, -0.2) is 8.78 Å². The van der Waals surface area contributed by atoms with Crippen LogP contribution in [0.4, 0.5) is 8.78 Å². The van der Waals surface area contributed by atoms with Gasteiger partial charge < -0.3 is 4.98 Å². The van der Waals surface area contributed by atoms with Gasteiger partial charge in [-0.1, -0.05) is 12.2 Å². The molecule has 1 aliphatic rings. The van der Waals surface area contributed by atoms with Crippen molar-refractivity contribution in [3.8, 4) is 6.07 Å². The highest BCUT2D eigenvalue weighted by Crippen LogP contribution is 2.40. The van der Waals surface area contributed by atoms with E-state index in [1.54, 1.807) is 6.07 Å². The molecular weight excluding hydrogens is 218 g/mol. The third-order valence-corrected chi connectivity index (χ3v) is 2.75. The number of aromatic amines is 1. The lowest BCUT2D eigenvalue weighted by molar-refractivity contribution is 0.150. The summed E-state index contributed by atoms with van der Waals surface area (Å²) >= 11 is 4.88. The Balaban J connectivity index is 2.58. The molecule has 1 heterocycles. The van der Waals surface area contributed by atoms with Crippen molar-refractivity contribution in [2.75, 3.05) is 0 Å². The molecule has 0 aliphatic heterocycles. The molecule has 0 unspecified atom stereocenters. The molecule has 1 aromatic rings. The van der Waals surface area contributed by atoms with Gasteiger partial charge in [0.15, 0.2) is 0 Å². The highest BCUT2D eigenvalue weighted by molar-refractivity contribution is 7.71. The zero-order chi connectivity index (χ0) is 11.0. The van der Waals surface area contributed by atoms with Gasteiger partial charge in [0, 0.05) is 11.3 Å². The quantitative estimate of drug-likeness (QED) is 0.785. The Bertz CT molecular complexity index is 483. The minimum Gasteiger partial charge on any atom is -0.349 e. The molecule has 2 nitrogen and oxygen atoms in total. The van der Waals surface area contributed by atoms with Crippen molar-refractivity contribution in [2.45, 2.75) is 25.2 Å². The van der Waals surface area contributed by atoms with Crippen LogP contribution in [0.3, 0.4) is 0 Å². The van der Waals surface area contributed by atoms with Crippen molar-refractivity contribution in [1.82, 2.24) is 4.98 Å². The highest BCUT2D eigenvalue weighted by Gasteiger charge is 2.26. The summed E-state index contributed by atoms with van der Waals surface area (Å²) in [7, 11) is 0. The lowest BCUT2D eigenvalue weighted by Crippen LogP contribution is -1.98. The largest absolute Gasteiger partial charge is 0.349 e. The summed E-state index contributed by atoms with van der Waals surface area (Å²) in [6, 6.07) is 3.09. The van der Waals surface area contributed by atoms with Crippen molar-refractivity contribution in [1.29, 1.82) is 5.26 Å². The van der Waals surface area contributed by atoms with Crippen molar-refractivity contribution >= 4 is 12.2 Å². The normalized spacial score (nSPS) is 15.3. The number of alkyl halides is 2. The lowest BCUT2D eigenvalue weighted by Gasteiger charge is -2.06. The number of nitrogens with zero attached hydrogens (tertiary/aromatic N) is 1. The lowest BCUT2D eigenvalue weighted by atomic mass is 10.1. The highest BCUT2D eigenvalue weighted by atomic mass is 32.1. The van der Waals surface area contributed by atoms with Gasteiger partial charge in [0.1, 0.15) is 10.7 Å². The van der Waals surface area contributed by atoms with E-state index in [0.29, 0.717) is 5.92 Å². The smallest absolute Gasteiger partial charge is 0.265 e. The number of rotatable bonds is 2. The predicted octanol–water partition coefficient (Wildman–Crippen LogP) is 3.43. The second-order valence-corrected chi connectivity index (χ2v) is 3.98. The topological polar surface area (TPSA) is 39.6 Å². The fraction of sp³-hybridized carbons (Fsp3) is 0.400. The first-order valence-electron chi connectivity index (χ1n) is 4.59. The molecule has 2 rings (SSSR count). The van der Waals surface area contributed by atoms with Crippen LogP contribution >= 0.6 is 12.2 Å². The Kier molecular flexibility index (Phi) is 2.53. The van der Waals surface area contributed by atoms with E-state index < -0.39 is 6.43 Å². The van der Waals surface area contributed by atoms with Gasteiger partial charge >= 0.3 is 0 Å². The van der Waals surface area contributed by atoms with Gasteiger partial charge in [-0.3, -0.25) is 0 Å². The van der Waals surface area contributed by atoms with E-state index in [-0.39, 0.29) is 15.8 Å². The molecule has 1 saturated carbocycles. The minimum absolute atomic E-state index is 0.107. The molecular formula is C10H8F2N2S. The maximum Gasteiger partial charge on any atom is 0.265 e. The van der Waals surface area contributed by atoms with Gasteiger partial charge in [-0.2, -0.15) is 5.26 Å². The zero-order valence-electron chi connectivity index (χ0n) is 7.76. The summed E-state index contributed by atoms with van der Waals surface area (Å²) < 4.78 is 25.4. The summed E-state index contributed by atoms with van der Waals surface area (Å²) in [5.74, 6) is 0.317. The number of nitrogens with one attached hydrogen (secondary N) is 1. The van der Waals surface area contributed by atoms with Crippen molar-refractivity contribution in [3.63, 3.8) is 0 Å². The Morgan fingerprint density at radius 3 is 2.67 bits per heavy atom. The molecule has 1 aliphatic carbocycles. The first kappa shape index (κ1) is 10.2. The Hall–Kier alpha value is -1.28. The maximum atomic E-state index is 12.6. The molecule has 0 atom stereocenters. The molecule has 0 bridgehead atoms. The average Bonchev–Trinajstić information content (AvgIpc) is 2.99. The van der Waals surface area contributed by atoms with E-state index in [9.17, 15) is 8.78 Å². The summed E-state index contributed by atoms with van der Waals surface area (Å²) in [5.41, 5.74) is 0.377. The van der Waals surface area contributed by atoms with E-state index in [1.165, 1.54) is 6.07 Å². The van der Waals surface area contributed by atoms with Crippen LogP contribution in [0.25, 0.3) is 0 Å². The summed E-state index contributed by atoms with van der Waals surface area (Å²) in [6.07, 6.45) is -0.645. The summed E-state index contributed by atoms with van der Waals surface area (Å²) in [4.78, 5) is 2.84. The first-order valence-corrected chi connectivity index (χ1v) is 4.99. The zero-order valence-corrected chi connectivity index (χ0v) is 8.57. The molecule has 0 amide bonds. The van der Waals surface area contributed by atoms with Crippen molar-refractivity contribution in [3.05, 3.63) is 27.5 Å². The van der Waals surface area contributed by atoms with Crippen LogP contribution in [0.1, 0.15) is 42.0 Å². The van der Waals surface area contributed by atoms with Crippen molar-refractivity contribution < 1.29 is 8.78 Å². The second-order valence-electron chi connectivity index (χ2n) is 3.57. The van der Waals surface area contributed by atoms with Gasteiger partial charge in [0.25, 0.3) is 6.43 Å². The number of halogens is 2. The molecule has 0 spiro atoms. The van der Waals surface area contributed by atoms with Gasteiger partial charge in [-0.05, 0) is 24.8 Å². The number of H-pyrrole nitrogens is 1. The monoisotopic (exact) mass is 226 g/mol. The fourth-order valence-electron chi connectivity index (χ4n) is 1.50. The van der Waals surface area contributed by atoms with Crippen LogP contribution in [0.5, 0.6) is 0 Å². The van der Waals surface area contributed by atoms with Crippen LogP contribution in [0, 0.1) is 16.0 Å². The maximum absolute atomic E-state index is 12.6. The predicted molar refractivity (Wildman–Crippen MR) is 53.3 cm³/mol. The number of aromatic nitrogens is 1. The molecule has 0 aromatic carbocycles. The molecule has 78 valence electrons. The van der Waals surface area contributed by atoms with Crippen LogP contribution < -0.4 is 0 Å². The number of pyridine rings is 1. The standard InChI is InChI=1S/C10H8F2N2S/c11-9(12)6-3-8(5-1-2-5)14-10(15)7(6)4-13/h3,5,9H,1-2H2,(H,14,15). The molecule has 0 saturated heterocycles. The Morgan fingerprint density at radius 1 is 1.53 bits per heavy atom. The van der Waals surface area contributed by atoms with Gasteiger partial charge in [0.2, 0.25) is 0 Å². The van der Waals surface area contributed by atoms with Crippen LogP contribution in [-0.2, 0) is 0 Å². The molecule has 1 fully saturated rings. The van der Waals surface area contributed by atoms with E-state index in [2.05, 4.69) is 4.98 Å². The molecule has 1 N–H and O–H groups in total. The Labute approximate surface area is 90.6 Å². The number of hydrogen-bond acceptors (Lipinski definition) is 2. The minimum atomic E-state index is -2.64. The summed E-state index contributed by atoms with van der Waals surface area (Å²) in [5, 5.41) is 8.72. The summed E-state index contributed by atoms with van der Waals surface area (Å²) in [6.45, 7) is 0. The van der Waals surface area contributed by atoms with E-state index in [0.717, 1.165) is 18.5 Å². The van der Waals surface area contributed by atoms with Crippen LogP contribution in [-0.4, -0.2) is 4.98 Å². The van der Waals surface area contributed by atoms with Gasteiger partial charge in [-0.15, -0.1) is 0 Å². The number of nitriles is 1. The van der Waals surface area contributed by atoms with E-state index in [1.807, 2.05) is 0 Å². The molecule has 1 aromatic heterocycles. The van der Waals surface area contributed by atoms with E-state index in [4.69, 9.17) is 17.5 Å². The van der Waals surface area contributed by atoms with Crippen molar-refractivity contribution in [2.24, 2.45) is 0 Å². The third kappa shape index (κ3) is 1.90. The molecule has 15 heavy (non-hydrogen) atoms. The Morgan fingerprint density at radius 2 is 2.20 bits per heavy atom. The van der Waals surface area contributed by atoms with Gasteiger partial charge in [0.05, 0.1) is 5.56 Å². The molecule has 0 radical (unpaired) electrons. The number of hydrogen-bond donors (Lipinski definition) is 1. The fourth-order valence-corrected chi connectivity index (χ4v) is 1.78. The average molecular weight is 226 g/mol. The third-order valence-electron chi connectivity index (χ3n) is 2.45. The van der Waals surface area contributed by atoms with Crippen LogP contribution in [0.15, 0.2) is 6.07 Å². The first-order chi connectivity index (χ1) is 7.13.